The SMILES string of the molecule is CN(C(=O)CCn1ccccc1=O)C1c2ccccc2-c2ccccc21. The summed E-state index contributed by atoms with van der Waals surface area (Å²) in [6.45, 7) is 0.388. The Morgan fingerprint density at radius 2 is 1.50 bits per heavy atom. The van der Waals surface area contributed by atoms with E-state index < -0.39 is 0 Å². The van der Waals surface area contributed by atoms with Crippen LogP contribution >= 0.6 is 0 Å². The number of carbonyl (C=O) groups excluding carboxylic acids is 1. The number of pyridine rings is 1. The lowest BCUT2D eigenvalue weighted by atomic mass is 10.0. The van der Waals surface area contributed by atoms with E-state index in [1.54, 1.807) is 27.8 Å². The molecule has 130 valence electrons. The summed E-state index contributed by atoms with van der Waals surface area (Å²) in [6, 6.07) is 21.4. The molecule has 1 heterocycles. The highest BCUT2D eigenvalue weighted by atomic mass is 16.2. The Balaban J connectivity index is 1.60. The van der Waals surface area contributed by atoms with Gasteiger partial charge in [-0.05, 0) is 28.3 Å². The Hall–Kier alpha value is -3.14. The minimum Gasteiger partial charge on any atom is -0.335 e. The van der Waals surface area contributed by atoms with Crippen LogP contribution < -0.4 is 5.56 Å². The van der Waals surface area contributed by atoms with E-state index in [1.807, 2.05) is 31.3 Å². The van der Waals surface area contributed by atoms with Crippen LogP contribution in [0, 0.1) is 0 Å². The predicted octanol–water partition coefficient (Wildman–Crippen LogP) is 3.47. The molecule has 0 radical (unpaired) electrons. The maximum Gasteiger partial charge on any atom is 0.250 e. The number of aromatic nitrogens is 1. The van der Waals surface area contributed by atoms with Crippen molar-refractivity contribution >= 4 is 5.91 Å². The maximum absolute atomic E-state index is 12.8. The maximum atomic E-state index is 12.8. The van der Waals surface area contributed by atoms with Crippen molar-refractivity contribution in [2.24, 2.45) is 0 Å². The summed E-state index contributed by atoms with van der Waals surface area (Å²) < 4.78 is 1.57. The van der Waals surface area contributed by atoms with Crippen LogP contribution in [0.1, 0.15) is 23.6 Å². The van der Waals surface area contributed by atoms with Crippen molar-refractivity contribution in [3.63, 3.8) is 0 Å². The van der Waals surface area contributed by atoms with Crippen molar-refractivity contribution in [2.45, 2.75) is 19.0 Å². The molecule has 0 aliphatic heterocycles. The van der Waals surface area contributed by atoms with Crippen LogP contribution in [0.3, 0.4) is 0 Å². The van der Waals surface area contributed by atoms with Gasteiger partial charge in [0.15, 0.2) is 0 Å². The summed E-state index contributed by atoms with van der Waals surface area (Å²) in [6.07, 6.45) is 2.01. The molecule has 2 aromatic carbocycles. The van der Waals surface area contributed by atoms with Gasteiger partial charge >= 0.3 is 0 Å². The van der Waals surface area contributed by atoms with Crippen LogP contribution in [-0.4, -0.2) is 22.4 Å². The Bertz CT molecular complexity index is 977. The smallest absolute Gasteiger partial charge is 0.250 e. The minimum absolute atomic E-state index is 0.0252. The van der Waals surface area contributed by atoms with Gasteiger partial charge in [0.05, 0.1) is 6.04 Å². The number of benzene rings is 2. The van der Waals surface area contributed by atoms with Crippen molar-refractivity contribution in [1.29, 1.82) is 0 Å². The van der Waals surface area contributed by atoms with Gasteiger partial charge in [-0.2, -0.15) is 0 Å². The lowest BCUT2D eigenvalue weighted by Crippen LogP contribution is -2.32. The van der Waals surface area contributed by atoms with E-state index in [4.69, 9.17) is 0 Å². The fourth-order valence-electron chi connectivity index (χ4n) is 3.73. The van der Waals surface area contributed by atoms with Gasteiger partial charge in [0.1, 0.15) is 0 Å². The summed E-state index contributed by atoms with van der Waals surface area (Å²) in [5.74, 6) is 0.0252. The highest BCUT2D eigenvalue weighted by Crippen LogP contribution is 2.45. The topological polar surface area (TPSA) is 42.3 Å². The minimum atomic E-state index is -0.0838. The Morgan fingerprint density at radius 1 is 0.923 bits per heavy atom. The van der Waals surface area contributed by atoms with Crippen molar-refractivity contribution in [3.8, 4) is 11.1 Å². The number of fused-ring (bicyclic) bond motifs is 3. The molecule has 0 N–H and O–H groups in total. The van der Waals surface area contributed by atoms with Crippen molar-refractivity contribution in [2.75, 3.05) is 7.05 Å². The van der Waals surface area contributed by atoms with Crippen LogP contribution in [0.5, 0.6) is 0 Å². The van der Waals surface area contributed by atoms with Gasteiger partial charge in [-0.3, -0.25) is 9.59 Å². The second kappa shape index (κ2) is 6.64. The molecule has 0 bridgehead atoms. The van der Waals surface area contributed by atoms with E-state index in [-0.39, 0.29) is 17.5 Å². The third-order valence-corrected chi connectivity index (χ3v) is 5.05. The second-order valence-corrected chi connectivity index (χ2v) is 6.56. The third kappa shape index (κ3) is 2.73. The summed E-state index contributed by atoms with van der Waals surface area (Å²) in [7, 11) is 1.85. The molecule has 26 heavy (non-hydrogen) atoms. The van der Waals surface area contributed by atoms with E-state index in [0.29, 0.717) is 13.0 Å². The van der Waals surface area contributed by atoms with Crippen LogP contribution in [-0.2, 0) is 11.3 Å². The zero-order valence-corrected chi connectivity index (χ0v) is 14.6. The number of hydrogen-bond donors (Lipinski definition) is 0. The molecule has 1 aromatic heterocycles. The van der Waals surface area contributed by atoms with E-state index in [2.05, 4.69) is 24.3 Å². The number of amides is 1. The molecule has 4 heteroatoms. The molecule has 1 amide bonds. The zero-order chi connectivity index (χ0) is 18.1. The van der Waals surface area contributed by atoms with Gasteiger partial charge in [-0.25, -0.2) is 0 Å². The van der Waals surface area contributed by atoms with Gasteiger partial charge in [0, 0.05) is 32.3 Å². The lowest BCUT2D eigenvalue weighted by molar-refractivity contribution is -0.131. The van der Waals surface area contributed by atoms with Gasteiger partial charge in [0.2, 0.25) is 5.91 Å². The quantitative estimate of drug-likeness (QED) is 0.727. The molecule has 0 unspecified atom stereocenters. The molecule has 1 aliphatic rings. The monoisotopic (exact) mass is 344 g/mol. The standard InChI is InChI=1S/C22H20N2O2/c1-23(20(25)13-15-24-14-7-6-12-21(24)26)22-18-10-4-2-8-16(18)17-9-3-5-11-19(17)22/h2-12,14,22H,13,15H2,1H3. The Kier molecular flexibility index (Phi) is 4.17. The fraction of sp³-hybridized carbons (Fsp3) is 0.182. The highest BCUT2D eigenvalue weighted by Gasteiger charge is 2.32. The first-order valence-electron chi connectivity index (χ1n) is 8.76. The van der Waals surface area contributed by atoms with E-state index in [9.17, 15) is 9.59 Å². The molecule has 1 aliphatic carbocycles. The van der Waals surface area contributed by atoms with Crippen LogP contribution in [0.2, 0.25) is 0 Å². The first kappa shape index (κ1) is 16.3. The molecular weight excluding hydrogens is 324 g/mol. The van der Waals surface area contributed by atoms with Gasteiger partial charge in [0.25, 0.3) is 5.56 Å². The molecular formula is C22H20N2O2. The van der Waals surface area contributed by atoms with Crippen molar-refractivity contribution in [3.05, 3.63) is 94.4 Å². The molecule has 0 saturated carbocycles. The predicted molar refractivity (Wildman–Crippen MR) is 102 cm³/mol. The first-order chi connectivity index (χ1) is 12.7. The summed E-state index contributed by atoms with van der Waals surface area (Å²) >= 11 is 0. The zero-order valence-electron chi connectivity index (χ0n) is 14.6. The molecule has 4 rings (SSSR count). The van der Waals surface area contributed by atoms with Crippen LogP contribution in [0.15, 0.2) is 77.7 Å². The van der Waals surface area contributed by atoms with E-state index in [0.717, 1.165) is 11.1 Å². The highest BCUT2D eigenvalue weighted by molar-refractivity contribution is 5.83. The number of rotatable bonds is 4. The fourth-order valence-corrected chi connectivity index (χ4v) is 3.73. The summed E-state index contributed by atoms with van der Waals surface area (Å²) in [5, 5.41) is 0. The van der Waals surface area contributed by atoms with Crippen molar-refractivity contribution in [1.82, 2.24) is 9.47 Å². The van der Waals surface area contributed by atoms with E-state index >= 15 is 0 Å². The van der Waals surface area contributed by atoms with Crippen molar-refractivity contribution < 1.29 is 4.79 Å². The first-order valence-corrected chi connectivity index (χ1v) is 8.76. The Labute approximate surface area is 152 Å². The third-order valence-electron chi connectivity index (χ3n) is 5.05. The average molecular weight is 344 g/mol. The van der Waals surface area contributed by atoms with Gasteiger partial charge in [-0.1, -0.05) is 54.6 Å². The van der Waals surface area contributed by atoms with Gasteiger partial charge < -0.3 is 9.47 Å². The largest absolute Gasteiger partial charge is 0.335 e. The summed E-state index contributed by atoms with van der Waals surface area (Å²) in [5.41, 5.74) is 4.60. The molecule has 0 atom stereocenters. The molecule has 0 spiro atoms. The number of carbonyl (C=O) groups is 1. The molecule has 0 saturated heterocycles. The molecule has 3 aromatic rings. The second-order valence-electron chi connectivity index (χ2n) is 6.56. The number of hydrogen-bond acceptors (Lipinski definition) is 2. The van der Waals surface area contributed by atoms with Crippen LogP contribution in [0.25, 0.3) is 11.1 Å². The van der Waals surface area contributed by atoms with Gasteiger partial charge in [-0.15, -0.1) is 0 Å². The van der Waals surface area contributed by atoms with Crippen LogP contribution in [0.4, 0.5) is 0 Å². The molecule has 4 nitrogen and oxygen atoms in total. The number of nitrogens with zero attached hydrogens (tertiary/aromatic N) is 2. The van der Waals surface area contributed by atoms with E-state index in [1.165, 1.54) is 17.2 Å². The summed E-state index contributed by atoms with van der Waals surface area (Å²) in [4.78, 5) is 26.5. The number of aryl methyl sites for hydroxylation is 1. The lowest BCUT2D eigenvalue weighted by Gasteiger charge is -2.27. The molecule has 0 fully saturated rings. The normalized spacial score (nSPS) is 12.5. The average Bonchev–Trinajstić information content (AvgIpc) is 3.01. The Morgan fingerprint density at radius 3 is 2.12 bits per heavy atom.